The second-order valence-electron chi connectivity index (χ2n) is 6.46. The van der Waals surface area contributed by atoms with Gasteiger partial charge >= 0.3 is 11.7 Å². The number of carboxylic acid groups (broad SMARTS) is 1. The third-order valence-corrected chi connectivity index (χ3v) is 4.63. The maximum atomic E-state index is 12.1. The fraction of sp³-hybridized carbons (Fsp3) is 0.438. The normalized spacial score (nSPS) is 17.7. The van der Waals surface area contributed by atoms with Gasteiger partial charge in [0.25, 0.3) is 0 Å². The number of carbonyl (C=O) groups is 3. The van der Waals surface area contributed by atoms with Gasteiger partial charge in [0.05, 0.1) is 16.5 Å². The Kier molecular flexibility index (Phi) is 5.68. The van der Waals surface area contributed by atoms with Gasteiger partial charge in [-0.2, -0.15) is 0 Å². The zero-order valence-electron chi connectivity index (χ0n) is 15.0. The Balaban J connectivity index is 1.51. The predicted molar refractivity (Wildman–Crippen MR) is 94.7 cm³/mol. The van der Waals surface area contributed by atoms with Crippen LogP contribution in [-0.2, 0) is 14.4 Å². The molecule has 13 heteroatoms. The molecule has 1 saturated heterocycles. The van der Waals surface area contributed by atoms with E-state index in [4.69, 9.17) is 5.11 Å². The van der Waals surface area contributed by atoms with Crippen molar-refractivity contribution in [2.24, 2.45) is 5.92 Å². The summed E-state index contributed by atoms with van der Waals surface area (Å²) in [6.07, 6.45) is -1.26. The molecule has 2 aromatic rings. The highest BCUT2D eigenvalue weighted by Gasteiger charge is 2.44. The van der Waals surface area contributed by atoms with E-state index < -0.39 is 34.7 Å². The number of carbonyl (C=O) groups excluding carboxylic acids is 2. The molecule has 154 valence electrons. The number of non-ortho nitro benzene ring substituents is 1. The highest BCUT2D eigenvalue weighted by atomic mass is 16.6. The summed E-state index contributed by atoms with van der Waals surface area (Å²) in [5, 5.41) is 39.5. The maximum Gasteiger partial charge on any atom is 0.333 e. The van der Waals surface area contributed by atoms with Crippen LogP contribution in [0.3, 0.4) is 0 Å². The van der Waals surface area contributed by atoms with E-state index >= 15 is 0 Å². The van der Waals surface area contributed by atoms with E-state index in [2.05, 4.69) is 20.3 Å². The molecule has 2 amide bonds. The first-order chi connectivity index (χ1) is 13.8. The maximum absolute atomic E-state index is 12.1. The molecule has 0 radical (unpaired) electrons. The molecule has 1 aromatic carbocycles. The number of fused-ring (bicyclic) bond motifs is 1. The van der Waals surface area contributed by atoms with E-state index in [0.717, 1.165) is 4.90 Å². The zero-order valence-corrected chi connectivity index (χ0v) is 15.0. The topological polar surface area (TPSA) is 189 Å². The van der Waals surface area contributed by atoms with E-state index in [9.17, 15) is 29.6 Å². The highest BCUT2D eigenvalue weighted by molar-refractivity contribution is 6.05. The van der Waals surface area contributed by atoms with Crippen molar-refractivity contribution in [3.05, 3.63) is 22.2 Å². The molecule has 1 aromatic heterocycles. The summed E-state index contributed by atoms with van der Waals surface area (Å²) in [5.41, 5.74) is 0.506. The molecule has 1 aliphatic rings. The van der Waals surface area contributed by atoms with Crippen molar-refractivity contribution in [1.29, 1.82) is 0 Å². The minimum atomic E-state index is -1.90. The minimum absolute atomic E-state index is 0.0243. The number of rotatable bonds is 9. The number of aliphatic hydroxyl groups is 1. The minimum Gasteiger partial charge on any atom is -0.479 e. The van der Waals surface area contributed by atoms with Gasteiger partial charge in [-0.3, -0.25) is 24.6 Å². The Hall–Kier alpha value is -3.61. The monoisotopic (exact) mass is 407 g/mol. The van der Waals surface area contributed by atoms with Crippen molar-refractivity contribution in [3.63, 3.8) is 0 Å². The summed E-state index contributed by atoms with van der Waals surface area (Å²) < 4.78 is 4.57. The standard InChI is InChI=1S/C16H17N5O8/c22-11-7-8(14(23)16(25)26)15(24)20(11)6-2-1-5-17-9-3-4-10(21(27)28)13-12(9)18-29-19-13/h3-4,8,14,17,23H,1-2,5-7H2,(H,25,26)/t8?,14-/m1/s1. The van der Waals surface area contributed by atoms with Gasteiger partial charge < -0.3 is 15.5 Å². The van der Waals surface area contributed by atoms with Gasteiger partial charge in [0.2, 0.25) is 17.3 Å². The first kappa shape index (κ1) is 20.1. The SMILES string of the molecule is O=C(O)[C@H](O)C1CC(=O)N(CCCCNc2ccc([N+](=O)[O-])c3nonc23)C1=O. The van der Waals surface area contributed by atoms with E-state index in [-0.39, 0.29) is 29.7 Å². The molecule has 13 nitrogen and oxygen atoms in total. The molecule has 0 spiro atoms. The molecule has 0 saturated carbocycles. The molecule has 2 atom stereocenters. The van der Waals surface area contributed by atoms with Gasteiger partial charge in [0.1, 0.15) is 0 Å². The number of aromatic nitrogens is 2. The van der Waals surface area contributed by atoms with Crippen LogP contribution >= 0.6 is 0 Å². The number of aliphatic hydroxyl groups excluding tert-OH is 1. The summed E-state index contributed by atoms with van der Waals surface area (Å²) in [6.45, 7) is 0.514. The number of benzene rings is 1. The van der Waals surface area contributed by atoms with Crippen molar-refractivity contribution in [3.8, 4) is 0 Å². The number of aliphatic carboxylic acids is 1. The third-order valence-electron chi connectivity index (χ3n) is 4.63. The third kappa shape index (κ3) is 3.99. The number of unbranched alkanes of at least 4 members (excludes halogenated alkanes) is 1. The van der Waals surface area contributed by atoms with Gasteiger partial charge in [-0.15, -0.1) is 0 Å². The Bertz CT molecular complexity index is 973. The lowest BCUT2D eigenvalue weighted by molar-refractivity contribution is -0.383. The van der Waals surface area contributed by atoms with Crippen LogP contribution in [0.2, 0.25) is 0 Å². The first-order valence-electron chi connectivity index (χ1n) is 8.70. The summed E-state index contributed by atoms with van der Waals surface area (Å²) >= 11 is 0. The van der Waals surface area contributed by atoms with Gasteiger partial charge in [0, 0.05) is 25.6 Å². The Morgan fingerprint density at radius 1 is 1.34 bits per heavy atom. The van der Waals surface area contributed by atoms with Crippen LogP contribution in [-0.4, -0.2) is 67.3 Å². The van der Waals surface area contributed by atoms with Crippen LogP contribution in [0.1, 0.15) is 19.3 Å². The van der Waals surface area contributed by atoms with Crippen molar-refractivity contribution in [2.75, 3.05) is 18.4 Å². The zero-order chi connectivity index (χ0) is 21.1. The van der Waals surface area contributed by atoms with Crippen molar-refractivity contribution in [1.82, 2.24) is 15.2 Å². The number of nitrogens with one attached hydrogen (secondary N) is 1. The van der Waals surface area contributed by atoms with Gasteiger partial charge in [-0.25, -0.2) is 9.42 Å². The number of hydrogen-bond donors (Lipinski definition) is 3. The fourth-order valence-electron chi connectivity index (χ4n) is 3.12. The van der Waals surface area contributed by atoms with E-state index in [1.54, 1.807) is 0 Å². The number of imide groups is 1. The number of anilines is 1. The lowest BCUT2D eigenvalue weighted by Crippen LogP contribution is -2.37. The lowest BCUT2D eigenvalue weighted by Gasteiger charge is -2.16. The summed E-state index contributed by atoms with van der Waals surface area (Å²) in [7, 11) is 0. The number of nitro groups is 1. The van der Waals surface area contributed by atoms with Gasteiger partial charge in [-0.05, 0) is 29.2 Å². The van der Waals surface area contributed by atoms with Crippen molar-refractivity contribution >= 4 is 40.2 Å². The molecule has 0 aliphatic carbocycles. The number of nitrogens with zero attached hydrogens (tertiary/aromatic N) is 4. The second-order valence-corrected chi connectivity index (χ2v) is 6.46. The van der Waals surface area contributed by atoms with Crippen LogP contribution < -0.4 is 5.32 Å². The average molecular weight is 407 g/mol. The molecule has 3 rings (SSSR count). The predicted octanol–water partition coefficient (Wildman–Crippen LogP) is 0.144. The number of amides is 2. The number of carboxylic acids is 1. The summed E-state index contributed by atoms with van der Waals surface area (Å²) in [6, 6.07) is 2.76. The Morgan fingerprint density at radius 2 is 2.07 bits per heavy atom. The van der Waals surface area contributed by atoms with Crippen LogP contribution in [0.5, 0.6) is 0 Å². The molecule has 1 aliphatic heterocycles. The van der Waals surface area contributed by atoms with E-state index in [1.165, 1.54) is 12.1 Å². The summed E-state index contributed by atoms with van der Waals surface area (Å²) in [5.74, 6) is -4.01. The van der Waals surface area contributed by atoms with Crippen LogP contribution in [0.15, 0.2) is 16.8 Å². The second kappa shape index (κ2) is 8.18. The van der Waals surface area contributed by atoms with Crippen LogP contribution in [0.4, 0.5) is 11.4 Å². The molecule has 1 unspecified atom stereocenters. The number of nitro benzene ring substituents is 1. The highest BCUT2D eigenvalue weighted by Crippen LogP contribution is 2.28. The first-order valence-corrected chi connectivity index (χ1v) is 8.70. The molecule has 29 heavy (non-hydrogen) atoms. The molecular weight excluding hydrogens is 390 g/mol. The quantitative estimate of drug-likeness (QED) is 0.222. The Labute approximate surface area is 162 Å². The molecular formula is C16H17N5O8. The van der Waals surface area contributed by atoms with E-state index in [0.29, 0.717) is 25.1 Å². The van der Waals surface area contributed by atoms with Crippen molar-refractivity contribution < 1.29 is 34.1 Å². The summed E-state index contributed by atoms with van der Waals surface area (Å²) in [4.78, 5) is 46.2. The molecule has 1 fully saturated rings. The smallest absolute Gasteiger partial charge is 0.333 e. The lowest BCUT2D eigenvalue weighted by atomic mass is 10.0. The van der Waals surface area contributed by atoms with Gasteiger partial charge in [0.15, 0.2) is 11.6 Å². The fourth-order valence-corrected chi connectivity index (χ4v) is 3.12. The largest absolute Gasteiger partial charge is 0.479 e. The van der Waals surface area contributed by atoms with Crippen molar-refractivity contribution in [2.45, 2.75) is 25.4 Å². The Morgan fingerprint density at radius 3 is 2.76 bits per heavy atom. The molecule has 0 bridgehead atoms. The van der Waals surface area contributed by atoms with Crippen LogP contribution in [0.25, 0.3) is 11.0 Å². The average Bonchev–Trinajstić information content (AvgIpc) is 3.26. The number of hydrogen-bond acceptors (Lipinski definition) is 10. The van der Waals surface area contributed by atoms with Gasteiger partial charge in [-0.1, -0.05) is 0 Å². The molecule has 2 heterocycles. The number of likely N-dealkylation sites (tertiary alicyclic amines) is 1. The molecule has 3 N–H and O–H groups in total. The van der Waals surface area contributed by atoms with Crippen LogP contribution in [0, 0.1) is 16.0 Å². The van der Waals surface area contributed by atoms with E-state index in [1.807, 2.05) is 0 Å².